The van der Waals surface area contributed by atoms with Crippen LogP contribution in [0.25, 0.3) is 0 Å². The first-order valence-corrected chi connectivity index (χ1v) is 16.4. The van der Waals surface area contributed by atoms with Crippen molar-refractivity contribution in [1.29, 1.82) is 0 Å². The number of benzene rings is 3. The standard InChI is InChI=1S/C37H46N4O3/c42-35-34(29-44-28-32-17-8-3-9-18-32)38-36(43)37(41(35)33-19-23-40(27-33)26-31-15-6-2-7-16-31)20-24-39(25-21-37)22-11-10-14-30-12-4-1-5-13-30/h1-9,12-13,15-18,33-34H,10-11,14,19-29H2,(H,38,43). The fourth-order valence-corrected chi connectivity index (χ4v) is 7.29. The van der Waals surface area contributed by atoms with Gasteiger partial charge in [-0.3, -0.25) is 14.5 Å². The maximum absolute atomic E-state index is 14.3. The van der Waals surface area contributed by atoms with Crippen molar-refractivity contribution in [3.8, 4) is 0 Å². The van der Waals surface area contributed by atoms with Crippen LogP contribution in [0.2, 0.25) is 0 Å². The van der Waals surface area contributed by atoms with E-state index >= 15 is 0 Å². The van der Waals surface area contributed by atoms with Crippen LogP contribution in [0.15, 0.2) is 91.0 Å². The maximum atomic E-state index is 14.3. The van der Waals surface area contributed by atoms with Crippen LogP contribution in [0.1, 0.15) is 48.8 Å². The topological polar surface area (TPSA) is 65.1 Å². The molecule has 0 aromatic heterocycles. The number of aryl methyl sites for hydroxylation is 1. The summed E-state index contributed by atoms with van der Waals surface area (Å²) in [7, 11) is 0. The molecule has 7 nitrogen and oxygen atoms in total. The largest absolute Gasteiger partial charge is 0.374 e. The van der Waals surface area contributed by atoms with Crippen molar-refractivity contribution in [2.75, 3.05) is 39.3 Å². The van der Waals surface area contributed by atoms with Crippen LogP contribution in [0, 0.1) is 0 Å². The minimum absolute atomic E-state index is 0.00403. The number of rotatable bonds is 12. The Morgan fingerprint density at radius 1 is 0.750 bits per heavy atom. The summed E-state index contributed by atoms with van der Waals surface area (Å²) >= 11 is 0. The molecule has 3 heterocycles. The van der Waals surface area contributed by atoms with Crippen LogP contribution < -0.4 is 5.32 Å². The number of carbonyl (C=O) groups is 2. The molecule has 3 saturated heterocycles. The van der Waals surface area contributed by atoms with E-state index in [1.807, 2.05) is 41.3 Å². The van der Waals surface area contributed by atoms with Crippen LogP contribution in [-0.4, -0.2) is 83.5 Å². The van der Waals surface area contributed by atoms with Gasteiger partial charge in [-0.1, -0.05) is 91.0 Å². The number of amides is 2. The molecule has 2 atom stereocenters. The second kappa shape index (κ2) is 14.5. The molecule has 3 aromatic carbocycles. The molecule has 0 saturated carbocycles. The molecule has 6 rings (SSSR count). The van der Waals surface area contributed by atoms with E-state index in [0.717, 1.165) is 70.5 Å². The zero-order chi connectivity index (χ0) is 30.2. The predicted octanol–water partition coefficient (Wildman–Crippen LogP) is 4.66. The number of likely N-dealkylation sites (tertiary alicyclic amines) is 2. The first-order chi connectivity index (χ1) is 21.6. The Morgan fingerprint density at radius 2 is 1.39 bits per heavy atom. The van der Waals surface area contributed by atoms with Crippen molar-refractivity contribution >= 4 is 11.8 Å². The van der Waals surface area contributed by atoms with Crippen molar-refractivity contribution in [3.05, 3.63) is 108 Å². The zero-order valence-electron chi connectivity index (χ0n) is 25.8. The van der Waals surface area contributed by atoms with Crippen LogP contribution in [-0.2, 0) is 33.9 Å². The number of piperazine rings is 1. The summed E-state index contributed by atoms with van der Waals surface area (Å²) in [5.74, 6) is 0.0104. The van der Waals surface area contributed by atoms with E-state index < -0.39 is 11.6 Å². The molecular weight excluding hydrogens is 548 g/mol. The van der Waals surface area contributed by atoms with Gasteiger partial charge in [-0.15, -0.1) is 0 Å². The number of ether oxygens (including phenoxy) is 1. The summed E-state index contributed by atoms with van der Waals surface area (Å²) in [5.41, 5.74) is 2.93. The molecule has 232 valence electrons. The monoisotopic (exact) mass is 594 g/mol. The lowest BCUT2D eigenvalue weighted by molar-refractivity contribution is -0.166. The van der Waals surface area contributed by atoms with Crippen LogP contribution in [0.5, 0.6) is 0 Å². The third-order valence-electron chi connectivity index (χ3n) is 9.70. The molecule has 3 aliphatic heterocycles. The third kappa shape index (κ3) is 7.23. The van der Waals surface area contributed by atoms with E-state index in [0.29, 0.717) is 19.4 Å². The smallest absolute Gasteiger partial charge is 0.248 e. The minimum atomic E-state index is -0.791. The second-order valence-electron chi connectivity index (χ2n) is 12.7. The highest BCUT2D eigenvalue weighted by molar-refractivity contribution is 6.00. The Labute approximate surface area is 262 Å². The molecular formula is C37H46N4O3. The van der Waals surface area contributed by atoms with Gasteiger partial charge in [0.2, 0.25) is 11.8 Å². The predicted molar refractivity (Wildman–Crippen MR) is 173 cm³/mol. The fourth-order valence-electron chi connectivity index (χ4n) is 7.29. The zero-order valence-corrected chi connectivity index (χ0v) is 25.8. The first kappa shape index (κ1) is 30.5. The third-order valence-corrected chi connectivity index (χ3v) is 9.70. The summed E-state index contributed by atoms with van der Waals surface area (Å²) in [6.45, 7) is 5.86. The molecule has 0 radical (unpaired) electrons. The lowest BCUT2D eigenvalue weighted by Gasteiger charge is -2.53. The van der Waals surface area contributed by atoms with E-state index in [4.69, 9.17) is 4.74 Å². The Bertz CT molecular complexity index is 1340. The Kier molecular flexibility index (Phi) is 10.1. The van der Waals surface area contributed by atoms with Crippen molar-refractivity contribution in [3.63, 3.8) is 0 Å². The second-order valence-corrected chi connectivity index (χ2v) is 12.7. The number of nitrogens with zero attached hydrogens (tertiary/aromatic N) is 3. The van der Waals surface area contributed by atoms with E-state index in [1.54, 1.807) is 0 Å². The molecule has 0 aliphatic carbocycles. The van der Waals surface area contributed by atoms with E-state index in [1.165, 1.54) is 11.1 Å². The number of nitrogens with one attached hydrogen (secondary N) is 1. The Hall–Kier alpha value is -3.52. The van der Waals surface area contributed by atoms with Crippen LogP contribution in [0.4, 0.5) is 0 Å². The Balaban J connectivity index is 1.10. The molecule has 7 heteroatoms. The first-order valence-electron chi connectivity index (χ1n) is 16.4. The molecule has 3 aromatic rings. The van der Waals surface area contributed by atoms with Crippen LogP contribution in [0.3, 0.4) is 0 Å². The number of piperidine rings is 1. The molecule has 1 spiro atoms. The number of hydrogen-bond donors (Lipinski definition) is 1. The minimum Gasteiger partial charge on any atom is -0.374 e. The van der Waals surface area contributed by atoms with Crippen molar-refractivity contribution in [2.45, 2.75) is 69.3 Å². The van der Waals surface area contributed by atoms with Gasteiger partial charge in [-0.05, 0) is 61.8 Å². The fraction of sp³-hybridized carbons (Fsp3) is 0.459. The van der Waals surface area contributed by atoms with Gasteiger partial charge < -0.3 is 19.9 Å². The molecule has 3 aliphatic rings. The maximum Gasteiger partial charge on any atom is 0.248 e. The number of carbonyl (C=O) groups excluding carboxylic acids is 2. The summed E-state index contributed by atoms with van der Waals surface area (Å²) in [4.78, 5) is 35.2. The molecule has 2 unspecified atom stereocenters. The van der Waals surface area contributed by atoms with Crippen LogP contribution >= 0.6 is 0 Å². The highest BCUT2D eigenvalue weighted by Gasteiger charge is 2.56. The van der Waals surface area contributed by atoms with Gasteiger partial charge in [0.25, 0.3) is 0 Å². The highest BCUT2D eigenvalue weighted by Crippen LogP contribution is 2.37. The van der Waals surface area contributed by atoms with Gasteiger partial charge in [-0.2, -0.15) is 0 Å². The highest BCUT2D eigenvalue weighted by atomic mass is 16.5. The van der Waals surface area contributed by atoms with Gasteiger partial charge in [0.1, 0.15) is 11.6 Å². The number of unbranched alkanes of at least 4 members (excludes halogenated alkanes) is 1. The summed E-state index contributed by atoms with van der Waals surface area (Å²) in [6.07, 6.45) is 5.62. The van der Waals surface area contributed by atoms with Gasteiger partial charge in [-0.25, -0.2) is 0 Å². The van der Waals surface area contributed by atoms with E-state index in [2.05, 4.69) is 69.7 Å². The van der Waals surface area contributed by atoms with Gasteiger partial charge in [0, 0.05) is 38.8 Å². The van der Waals surface area contributed by atoms with Crippen molar-refractivity contribution in [1.82, 2.24) is 20.0 Å². The molecule has 0 bridgehead atoms. The average Bonchev–Trinajstić information content (AvgIpc) is 3.51. The van der Waals surface area contributed by atoms with Crippen molar-refractivity contribution in [2.24, 2.45) is 0 Å². The molecule has 44 heavy (non-hydrogen) atoms. The normalized spacial score (nSPS) is 22.4. The van der Waals surface area contributed by atoms with E-state index in [9.17, 15) is 9.59 Å². The van der Waals surface area contributed by atoms with Crippen molar-refractivity contribution < 1.29 is 14.3 Å². The summed E-state index contributed by atoms with van der Waals surface area (Å²) < 4.78 is 5.99. The summed E-state index contributed by atoms with van der Waals surface area (Å²) in [6, 6.07) is 30.5. The summed E-state index contributed by atoms with van der Waals surface area (Å²) in [5, 5.41) is 3.12. The molecule has 3 fully saturated rings. The van der Waals surface area contributed by atoms with Gasteiger partial charge >= 0.3 is 0 Å². The lowest BCUT2D eigenvalue weighted by Crippen LogP contribution is -2.75. The molecule has 1 N–H and O–H groups in total. The van der Waals surface area contributed by atoms with Gasteiger partial charge in [0.05, 0.1) is 13.2 Å². The lowest BCUT2D eigenvalue weighted by atomic mass is 9.80. The average molecular weight is 595 g/mol. The van der Waals surface area contributed by atoms with E-state index in [-0.39, 0.29) is 24.5 Å². The molecule has 2 amide bonds. The quantitative estimate of drug-likeness (QED) is 0.309. The van der Waals surface area contributed by atoms with Gasteiger partial charge in [0.15, 0.2) is 0 Å². The SMILES string of the molecule is O=C1C(COCc2ccccc2)NC(=O)C2(CCN(CCCCc3ccccc3)CC2)N1C1CCN(Cc2ccccc2)C1. The number of hydrogen-bond acceptors (Lipinski definition) is 5. The Morgan fingerprint density at radius 3 is 2.07 bits per heavy atom.